The van der Waals surface area contributed by atoms with Gasteiger partial charge in [-0.05, 0) is 26.4 Å². The highest BCUT2D eigenvalue weighted by Crippen LogP contribution is 2.06. The van der Waals surface area contributed by atoms with Gasteiger partial charge in [-0.25, -0.2) is 0 Å². The maximum absolute atomic E-state index is 11.2. The topological polar surface area (TPSA) is 29.1 Å². The molecule has 0 amide bonds. The second-order valence-electron chi connectivity index (χ2n) is 3.03. The van der Waals surface area contributed by atoms with E-state index in [4.69, 9.17) is 0 Å². The lowest BCUT2D eigenvalue weighted by molar-refractivity contribution is -0.118. The molecule has 0 unspecified atom stereocenters. The van der Waals surface area contributed by atoms with Crippen LogP contribution in [0.1, 0.15) is 32.6 Å². The normalized spacial score (nSPS) is 9.83. The van der Waals surface area contributed by atoms with Crippen molar-refractivity contribution in [1.82, 2.24) is 5.32 Å². The van der Waals surface area contributed by atoms with E-state index in [0.717, 1.165) is 25.0 Å². The van der Waals surface area contributed by atoms with Crippen molar-refractivity contribution < 1.29 is 4.79 Å². The molecule has 0 aliphatic rings. The van der Waals surface area contributed by atoms with E-state index in [1.165, 1.54) is 0 Å². The van der Waals surface area contributed by atoms with Gasteiger partial charge in [-0.15, -0.1) is 0 Å². The second kappa shape index (κ2) is 7.04. The molecule has 0 rings (SSSR count). The summed E-state index contributed by atoms with van der Waals surface area (Å²) < 4.78 is 0. The largest absolute Gasteiger partial charge is 0.320 e. The molecule has 2 heteroatoms. The summed E-state index contributed by atoms with van der Waals surface area (Å²) in [5.74, 6) is 0.317. The third-order valence-electron chi connectivity index (χ3n) is 1.83. The zero-order valence-electron chi connectivity index (χ0n) is 8.15. The van der Waals surface area contributed by atoms with Crippen LogP contribution >= 0.6 is 0 Å². The Morgan fingerprint density at radius 3 is 2.67 bits per heavy atom. The SMILES string of the molecule is C=C(CC)CC(=O)CCCNC. The molecule has 0 heterocycles. The van der Waals surface area contributed by atoms with E-state index < -0.39 is 0 Å². The van der Waals surface area contributed by atoms with Crippen molar-refractivity contribution in [3.05, 3.63) is 12.2 Å². The monoisotopic (exact) mass is 169 g/mol. The molecule has 0 aliphatic carbocycles. The van der Waals surface area contributed by atoms with Gasteiger partial charge in [0.25, 0.3) is 0 Å². The first-order chi connectivity index (χ1) is 5.70. The first-order valence-electron chi connectivity index (χ1n) is 4.53. The van der Waals surface area contributed by atoms with Gasteiger partial charge in [-0.1, -0.05) is 19.1 Å². The molecule has 0 spiro atoms. The highest BCUT2D eigenvalue weighted by molar-refractivity contribution is 5.80. The lowest BCUT2D eigenvalue weighted by Gasteiger charge is -2.01. The van der Waals surface area contributed by atoms with Crippen molar-refractivity contribution in [2.45, 2.75) is 32.6 Å². The smallest absolute Gasteiger partial charge is 0.136 e. The predicted octanol–water partition coefficient (Wildman–Crippen LogP) is 1.91. The van der Waals surface area contributed by atoms with Gasteiger partial charge in [0.15, 0.2) is 0 Å². The Labute approximate surface area is 75.0 Å². The fourth-order valence-corrected chi connectivity index (χ4v) is 0.955. The number of hydrogen-bond donors (Lipinski definition) is 1. The number of allylic oxidation sites excluding steroid dienone is 1. The maximum atomic E-state index is 11.2. The fraction of sp³-hybridized carbons (Fsp3) is 0.700. The van der Waals surface area contributed by atoms with E-state index >= 15 is 0 Å². The lowest BCUT2D eigenvalue weighted by atomic mass is 10.1. The highest BCUT2D eigenvalue weighted by Gasteiger charge is 2.02. The van der Waals surface area contributed by atoms with Gasteiger partial charge in [0.1, 0.15) is 5.78 Å². The number of ketones is 1. The molecule has 0 aromatic rings. The number of carbonyl (C=O) groups is 1. The minimum atomic E-state index is 0.317. The molecule has 12 heavy (non-hydrogen) atoms. The van der Waals surface area contributed by atoms with Crippen LogP contribution in [0.2, 0.25) is 0 Å². The molecule has 0 radical (unpaired) electrons. The van der Waals surface area contributed by atoms with Gasteiger partial charge in [0.05, 0.1) is 0 Å². The Hall–Kier alpha value is -0.630. The maximum Gasteiger partial charge on any atom is 0.136 e. The van der Waals surface area contributed by atoms with E-state index in [1.807, 2.05) is 14.0 Å². The zero-order valence-corrected chi connectivity index (χ0v) is 8.15. The van der Waals surface area contributed by atoms with Gasteiger partial charge in [-0.2, -0.15) is 0 Å². The lowest BCUT2D eigenvalue weighted by Crippen LogP contribution is -2.10. The highest BCUT2D eigenvalue weighted by atomic mass is 16.1. The van der Waals surface area contributed by atoms with Gasteiger partial charge in [-0.3, -0.25) is 4.79 Å². The van der Waals surface area contributed by atoms with Crippen LogP contribution in [0, 0.1) is 0 Å². The average Bonchev–Trinajstić information content (AvgIpc) is 2.05. The van der Waals surface area contributed by atoms with Crippen LogP contribution in [-0.4, -0.2) is 19.4 Å². The third-order valence-corrected chi connectivity index (χ3v) is 1.83. The number of rotatable bonds is 7. The van der Waals surface area contributed by atoms with Crippen LogP contribution in [-0.2, 0) is 4.79 Å². The molecule has 0 saturated carbocycles. The molecule has 70 valence electrons. The first kappa shape index (κ1) is 11.4. The van der Waals surface area contributed by atoms with E-state index in [2.05, 4.69) is 11.9 Å². The summed E-state index contributed by atoms with van der Waals surface area (Å²) in [5, 5.41) is 3.02. The molecule has 0 atom stereocenters. The van der Waals surface area contributed by atoms with Crippen molar-refractivity contribution in [1.29, 1.82) is 0 Å². The molecule has 0 aromatic carbocycles. The van der Waals surface area contributed by atoms with Gasteiger partial charge < -0.3 is 5.32 Å². The third kappa shape index (κ3) is 6.10. The summed E-state index contributed by atoms with van der Waals surface area (Å²) >= 11 is 0. The Balaban J connectivity index is 3.40. The van der Waals surface area contributed by atoms with Crippen LogP contribution in [0.25, 0.3) is 0 Å². The summed E-state index contributed by atoms with van der Waals surface area (Å²) in [4.78, 5) is 11.2. The summed E-state index contributed by atoms with van der Waals surface area (Å²) in [7, 11) is 1.90. The average molecular weight is 169 g/mol. The minimum Gasteiger partial charge on any atom is -0.320 e. The summed E-state index contributed by atoms with van der Waals surface area (Å²) in [6, 6.07) is 0. The van der Waals surface area contributed by atoms with Crippen molar-refractivity contribution in [2.75, 3.05) is 13.6 Å². The minimum absolute atomic E-state index is 0.317. The quantitative estimate of drug-likeness (QED) is 0.466. The number of nitrogens with one attached hydrogen (secondary N) is 1. The van der Waals surface area contributed by atoms with E-state index in [9.17, 15) is 4.79 Å². The molecule has 0 aliphatic heterocycles. The van der Waals surface area contributed by atoms with Crippen molar-refractivity contribution in [2.24, 2.45) is 0 Å². The second-order valence-corrected chi connectivity index (χ2v) is 3.03. The number of Topliss-reactive ketones (excluding diaryl/α,β-unsaturated/α-hetero) is 1. The van der Waals surface area contributed by atoms with Gasteiger partial charge >= 0.3 is 0 Å². The fourth-order valence-electron chi connectivity index (χ4n) is 0.955. The van der Waals surface area contributed by atoms with Crippen LogP contribution < -0.4 is 5.32 Å². The summed E-state index contributed by atoms with van der Waals surface area (Å²) in [6.45, 7) is 6.76. The van der Waals surface area contributed by atoms with Crippen molar-refractivity contribution in [3.8, 4) is 0 Å². The molecular formula is C10H19NO. The van der Waals surface area contributed by atoms with Gasteiger partial charge in [0, 0.05) is 12.8 Å². The molecule has 0 bridgehead atoms. The molecular weight excluding hydrogens is 150 g/mol. The van der Waals surface area contributed by atoms with Crippen molar-refractivity contribution in [3.63, 3.8) is 0 Å². The molecule has 0 fully saturated rings. The standard InChI is InChI=1S/C10H19NO/c1-4-9(2)8-10(12)6-5-7-11-3/h11H,2,4-8H2,1,3H3. The Bertz CT molecular complexity index is 152. The molecule has 0 aromatic heterocycles. The summed E-state index contributed by atoms with van der Waals surface area (Å²) in [5.41, 5.74) is 1.05. The van der Waals surface area contributed by atoms with Crippen LogP contribution in [0.5, 0.6) is 0 Å². The number of carbonyl (C=O) groups excluding carboxylic acids is 1. The Kier molecular flexibility index (Phi) is 6.67. The summed E-state index contributed by atoms with van der Waals surface area (Å²) in [6.07, 6.45) is 3.10. The predicted molar refractivity (Wildman–Crippen MR) is 52.2 cm³/mol. The molecule has 2 nitrogen and oxygen atoms in total. The van der Waals surface area contributed by atoms with Gasteiger partial charge in [0.2, 0.25) is 0 Å². The number of hydrogen-bond acceptors (Lipinski definition) is 2. The molecule has 1 N–H and O–H groups in total. The van der Waals surface area contributed by atoms with Crippen LogP contribution in [0.15, 0.2) is 12.2 Å². The van der Waals surface area contributed by atoms with Crippen molar-refractivity contribution >= 4 is 5.78 Å². The molecule has 0 saturated heterocycles. The van der Waals surface area contributed by atoms with E-state index in [0.29, 0.717) is 18.6 Å². The Morgan fingerprint density at radius 1 is 1.50 bits per heavy atom. The van der Waals surface area contributed by atoms with Crippen LogP contribution in [0.3, 0.4) is 0 Å². The first-order valence-corrected chi connectivity index (χ1v) is 4.53. The van der Waals surface area contributed by atoms with E-state index in [1.54, 1.807) is 0 Å². The Morgan fingerprint density at radius 2 is 2.17 bits per heavy atom. The van der Waals surface area contributed by atoms with Crippen LogP contribution in [0.4, 0.5) is 0 Å². The van der Waals surface area contributed by atoms with E-state index in [-0.39, 0.29) is 0 Å². The zero-order chi connectivity index (χ0) is 9.40.